The van der Waals surface area contributed by atoms with Crippen molar-refractivity contribution < 1.29 is 62.2 Å². The van der Waals surface area contributed by atoms with Gasteiger partial charge in [0.25, 0.3) is 0 Å². The minimum atomic E-state index is -8.01. The second-order valence-electron chi connectivity index (χ2n) is 8.62. The maximum atomic E-state index is 14.8. The highest BCUT2D eigenvalue weighted by molar-refractivity contribution is 5.50. The number of benzene rings is 2. The number of hydrogen-bond acceptors (Lipinski definition) is 2. The predicted octanol–water partition coefficient (Wildman–Crippen LogP) is 7.90. The van der Waals surface area contributed by atoms with E-state index in [1.165, 1.54) is 18.2 Å². The summed E-state index contributed by atoms with van der Waals surface area (Å²) in [5, 5.41) is 11.2. The highest BCUT2D eigenvalue weighted by Gasteiger charge is 2.90. The Balaban J connectivity index is 2.66. The van der Waals surface area contributed by atoms with Crippen LogP contribution in [0.5, 0.6) is 0 Å². The minimum absolute atomic E-state index is 0.453. The second-order valence-corrected chi connectivity index (χ2v) is 8.62. The van der Waals surface area contributed by atoms with Gasteiger partial charge in [-0.2, -0.15) is 57.1 Å². The fraction of sp³-hybridized carbons (Fsp3) is 0.500. The maximum absolute atomic E-state index is 14.8. The SMILES string of the molecule is CCN(CC)c1ccc(C(O)(CC(F)(F)C(F)(F)C(F)(F)C(F)(F)C(F)(F)C(F)(F)F)c2ccccc2)cc1. The number of anilines is 1. The Morgan fingerprint density at radius 2 is 0.974 bits per heavy atom. The van der Waals surface area contributed by atoms with E-state index in [0.717, 1.165) is 36.4 Å². The van der Waals surface area contributed by atoms with Crippen LogP contribution >= 0.6 is 0 Å². The molecule has 0 saturated heterocycles. The summed E-state index contributed by atoms with van der Waals surface area (Å²) in [6, 6.07) is 9.74. The van der Waals surface area contributed by atoms with E-state index in [-0.39, 0.29) is 0 Å². The van der Waals surface area contributed by atoms with Crippen molar-refractivity contribution >= 4 is 5.69 Å². The molecule has 0 fully saturated rings. The lowest BCUT2D eigenvalue weighted by atomic mass is 9.79. The first-order valence-electron chi connectivity index (χ1n) is 11.1. The van der Waals surface area contributed by atoms with Gasteiger partial charge in [0.05, 0.1) is 6.42 Å². The third kappa shape index (κ3) is 5.25. The number of hydrogen-bond donors (Lipinski definition) is 1. The smallest absolute Gasteiger partial charge is 0.380 e. The van der Waals surface area contributed by atoms with Gasteiger partial charge in [0.2, 0.25) is 0 Å². The Hall–Kier alpha value is -2.71. The van der Waals surface area contributed by atoms with Crippen molar-refractivity contribution in [2.75, 3.05) is 18.0 Å². The quantitative estimate of drug-likeness (QED) is 0.270. The molecule has 2 nitrogen and oxygen atoms in total. The molecule has 1 unspecified atom stereocenters. The van der Waals surface area contributed by atoms with Gasteiger partial charge in [-0.25, -0.2) is 0 Å². The summed E-state index contributed by atoms with van der Waals surface area (Å²) in [4.78, 5) is 1.73. The fourth-order valence-corrected chi connectivity index (χ4v) is 3.86. The molecule has 0 aliphatic heterocycles. The Morgan fingerprint density at radius 3 is 1.38 bits per heavy atom. The van der Waals surface area contributed by atoms with Crippen molar-refractivity contribution in [2.45, 2.75) is 61.7 Å². The Kier molecular flexibility index (Phi) is 8.63. The van der Waals surface area contributed by atoms with Crippen molar-refractivity contribution in [3.63, 3.8) is 0 Å². The zero-order valence-corrected chi connectivity index (χ0v) is 20.1. The molecule has 0 aliphatic carbocycles. The third-order valence-electron chi connectivity index (χ3n) is 6.20. The number of halogens is 13. The molecule has 0 aliphatic rings. The normalized spacial score (nSPS) is 15.7. The Morgan fingerprint density at radius 1 is 0.564 bits per heavy atom. The van der Waals surface area contributed by atoms with Crippen LogP contribution in [-0.2, 0) is 5.60 Å². The molecule has 0 spiro atoms. The monoisotopic (exact) mass is 587 g/mol. The van der Waals surface area contributed by atoms with E-state index in [4.69, 9.17) is 0 Å². The van der Waals surface area contributed by atoms with Crippen molar-refractivity contribution in [2.24, 2.45) is 0 Å². The predicted molar refractivity (Wildman–Crippen MR) is 115 cm³/mol. The first-order chi connectivity index (χ1) is 17.5. The highest BCUT2D eigenvalue weighted by Crippen LogP contribution is 2.61. The van der Waals surface area contributed by atoms with Gasteiger partial charge in [0.1, 0.15) is 5.60 Å². The van der Waals surface area contributed by atoms with Crippen LogP contribution in [0, 0.1) is 0 Å². The molecule has 0 saturated carbocycles. The molecule has 2 rings (SSSR count). The molecule has 1 atom stereocenters. The van der Waals surface area contributed by atoms with Crippen LogP contribution in [0.25, 0.3) is 0 Å². The standard InChI is InChI=1S/C24H22F13NO/c1-3-38(4-2)17-12-10-16(11-13-17)18(39,15-8-6-5-7-9-15)14-19(25,26)20(27,28)21(29,30)22(31,32)23(33,34)24(35,36)37/h5-13,39H,3-4,14H2,1-2H3. The molecule has 0 aromatic heterocycles. The van der Waals surface area contributed by atoms with E-state index in [2.05, 4.69) is 0 Å². The van der Waals surface area contributed by atoms with E-state index < -0.39 is 58.9 Å². The first-order valence-corrected chi connectivity index (χ1v) is 11.1. The van der Waals surface area contributed by atoms with Crippen molar-refractivity contribution in [3.05, 3.63) is 65.7 Å². The summed E-state index contributed by atoms with van der Waals surface area (Å²) in [5.41, 5.74) is -4.10. The van der Waals surface area contributed by atoms with E-state index in [0.29, 0.717) is 18.8 Å². The van der Waals surface area contributed by atoms with Crippen LogP contribution < -0.4 is 4.90 Å². The van der Waals surface area contributed by atoms with Crippen LogP contribution in [0.1, 0.15) is 31.4 Å². The summed E-state index contributed by atoms with van der Waals surface area (Å²) < 4.78 is 177. The molecule has 1 N–H and O–H groups in total. The van der Waals surface area contributed by atoms with E-state index in [1.54, 1.807) is 18.7 Å². The fourth-order valence-electron chi connectivity index (χ4n) is 3.86. The van der Waals surface area contributed by atoms with Crippen LogP contribution in [0.2, 0.25) is 0 Å². The van der Waals surface area contributed by atoms with Gasteiger partial charge in [-0.1, -0.05) is 42.5 Å². The van der Waals surface area contributed by atoms with E-state index >= 15 is 0 Å². The lowest BCUT2D eigenvalue weighted by molar-refractivity contribution is -0.441. The van der Waals surface area contributed by atoms with Gasteiger partial charge in [-0.05, 0) is 37.1 Å². The summed E-state index contributed by atoms with van der Waals surface area (Å²) in [6.45, 7) is 4.40. The summed E-state index contributed by atoms with van der Waals surface area (Å²) in [5.74, 6) is -37.8. The zero-order valence-electron chi connectivity index (χ0n) is 20.1. The van der Waals surface area contributed by atoms with Gasteiger partial charge < -0.3 is 10.0 Å². The average Bonchev–Trinajstić information content (AvgIpc) is 2.84. The Labute approximate surface area is 214 Å². The highest BCUT2D eigenvalue weighted by atomic mass is 19.4. The van der Waals surface area contributed by atoms with Gasteiger partial charge in [-0.15, -0.1) is 0 Å². The summed E-state index contributed by atoms with van der Waals surface area (Å²) in [6.07, 6.45) is -10.3. The van der Waals surface area contributed by atoms with Crippen LogP contribution in [-0.4, -0.2) is 54.0 Å². The van der Waals surface area contributed by atoms with Crippen molar-refractivity contribution in [3.8, 4) is 0 Å². The van der Waals surface area contributed by atoms with Gasteiger partial charge in [-0.3, -0.25) is 0 Å². The van der Waals surface area contributed by atoms with Gasteiger partial charge in [0, 0.05) is 18.8 Å². The summed E-state index contributed by atoms with van der Waals surface area (Å²) in [7, 11) is 0. The molecule has 2 aromatic rings. The van der Waals surface area contributed by atoms with E-state index in [1.807, 2.05) is 0 Å². The van der Waals surface area contributed by atoms with E-state index in [9.17, 15) is 62.2 Å². The minimum Gasteiger partial charge on any atom is -0.380 e. The topological polar surface area (TPSA) is 23.5 Å². The molecule has 0 radical (unpaired) electrons. The van der Waals surface area contributed by atoms with Gasteiger partial charge in [0.15, 0.2) is 0 Å². The number of aliphatic hydroxyl groups is 1. The Bertz CT molecular complexity index is 1100. The molecule has 220 valence electrons. The van der Waals surface area contributed by atoms with Crippen LogP contribution in [0.4, 0.5) is 62.8 Å². The third-order valence-corrected chi connectivity index (χ3v) is 6.20. The van der Waals surface area contributed by atoms with Gasteiger partial charge >= 0.3 is 35.8 Å². The molecular weight excluding hydrogens is 565 g/mol. The molecule has 2 aromatic carbocycles. The van der Waals surface area contributed by atoms with Crippen molar-refractivity contribution in [1.82, 2.24) is 0 Å². The lowest BCUT2D eigenvalue weighted by Crippen LogP contribution is -2.70. The molecular formula is C24H22F13NO. The van der Waals surface area contributed by atoms with Crippen LogP contribution in [0.3, 0.4) is 0 Å². The molecule has 0 heterocycles. The van der Waals surface area contributed by atoms with Crippen molar-refractivity contribution in [1.29, 1.82) is 0 Å². The van der Waals surface area contributed by atoms with Crippen LogP contribution in [0.15, 0.2) is 54.6 Å². The lowest BCUT2D eigenvalue weighted by Gasteiger charge is -2.42. The first kappa shape index (κ1) is 32.5. The molecule has 39 heavy (non-hydrogen) atoms. The molecule has 0 amide bonds. The number of nitrogens with zero attached hydrogens (tertiary/aromatic N) is 1. The maximum Gasteiger partial charge on any atom is 0.460 e. The molecule has 0 bridgehead atoms. The second kappa shape index (κ2) is 10.4. The summed E-state index contributed by atoms with van der Waals surface area (Å²) >= 11 is 0. The number of alkyl halides is 13. The zero-order chi connectivity index (χ0) is 30.3. The molecule has 15 heteroatoms. The largest absolute Gasteiger partial charge is 0.460 e. The average molecular weight is 587 g/mol. The number of rotatable bonds is 11.